The zero-order valence-electron chi connectivity index (χ0n) is 10.8. The fraction of sp³-hybridized carbons (Fsp3) is 0.636. The van der Waals surface area contributed by atoms with Crippen molar-refractivity contribution in [1.29, 1.82) is 0 Å². The van der Waals surface area contributed by atoms with Gasteiger partial charge in [0.2, 0.25) is 0 Å². The zero-order valence-corrected chi connectivity index (χ0v) is 11.6. The fourth-order valence-electron chi connectivity index (χ4n) is 1.23. The number of anilines is 1. The summed E-state index contributed by atoms with van der Waals surface area (Å²) in [7, 11) is 1.20. The molecule has 17 heavy (non-hydrogen) atoms. The molecule has 98 valence electrons. The van der Waals surface area contributed by atoms with Crippen LogP contribution in [0.15, 0.2) is 12.3 Å². The van der Waals surface area contributed by atoms with E-state index in [0.29, 0.717) is 11.7 Å². The van der Waals surface area contributed by atoms with Crippen LogP contribution in [-0.4, -0.2) is 45.3 Å². The van der Waals surface area contributed by atoms with Crippen LogP contribution in [0.5, 0.6) is 0 Å². The van der Waals surface area contributed by atoms with Crippen LogP contribution in [0.25, 0.3) is 0 Å². The average Bonchev–Trinajstić information content (AvgIpc) is 2.26. The van der Waals surface area contributed by atoms with E-state index in [1.807, 2.05) is 18.0 Å². The molecule has 6 heteroatoms. The average molecular weight is 259 g/mol. The standard InChI is InChI=1S/C11H19N3OS.H2O/c1-9(2)11-12-6-5-10(13-11)14(3)7-8-16(4)15;/h5-6,9H,7-8H2,1-4H3;1H2. The van der Waals surface area contributed by atoms with E-state index in [2.05, 4.69) is 23.8 Å². The zero-order chi connectivity index (χ0) is 12.1. The Morgan fingerprint density at radius 2 is 2.12 bits per heavy atom. The van der Waals surface area contributed by atoms with Crippen LogP contribution in [0.1, 0.15) is 25.6 Å². The van der Waals surface area contributed by atoms with Crippen molar-refractivity contribution in [2.24, 2.45) is 0 Å². The lowest BCUT2D eigenvalue weighted by molar-refractivity contribution is 0.685. The molecular formula is C11H21N3O2S. The maximum Gasteiger partial charge on any atom is 0.133 e. The van der Waals surface area contributed by atoms with Gasteiger partial charge in [-0.3, -0.25) is 4.21 Å². The van der Waals surface area contributed by atoms with Gasteiger partial charge in [0.05, 0.1) is 0 Å². The molecule has 0 radical (unpaired) electrons. The molecule has 0 bridgehead atoms. The van der Waals surface area contributed by atoms with Crippen molar-refractivity contribution in [3.05, 3.63) is 18.1 Å². The number of hydrogen-bond donors (Lipinski definition) is 0. The second-order valence-electron chi connectivity index (χ2n) is 4.13. The summed E-state index contributed by atoms with van der Waals surface area (Å²) < 4.78 is 11.0. The highest BCUT2D eigenvalue weighted by Crippen LogP contribution is 2.13. The Hall–Kier alpha value is -1.01. The van der Waals surface area contributed by atoms with Crippen molar-refractivity contribution in [2.45, 2.75) is 19.8 Å². The van der Waals surface area contributed by atoms with Gasteiger partial charge in [0.25, 0.3) is 0 Å². The van der Waals surface area contributed by atoms with Crippen LogP contribution in [-0.2, 0) is 10.8 Å². The summed E-state index contributed by atoms with van der Waals surface area (Å²) in [6, 6.07) is 1.88. The summed E-state index contributed by atoms with van der Waals surface area (Å²) in [4.78, 5) is 10.7. The topological polar surface area (TPSA) is 77.6 Å². The molecular weight excluding hydrogens is 238 g/mol. The molecule has 0 aliphatic carbocycles. The van der Waals surface area contributed by atoms with Gasteiger partial charge in [0.1, 0.15) is 11.6 Å². The second kappa shape index (κ2) is 7.34. The summed E-state index contributed by atoms with van der Waals surface area (Å²) in [5.41, 5.74) is 0. The molecule has 0 fully saturated rings. The van der Waals surface area contributed by atoms with Crippen molar-refractivity contribution >= 4 is 16.6 Å². The number of hydrogen-bond acceptors (Lipinski definition) is 4. The third kappa shape index (κ3) is 5.23. The van der Waals surface area contributed by atoms with Crippen LogP contribution in [0, 0.1) is 0 Å². The van der Waals surface area contributed by atoms with Crippen molar-refractivity contribution in [1.82, 2.24) is 9.97 Å². The highest BCUT2D eigenvalue weighted by atomic mass is 32.2. The lowest BCUT2D eigenvalue weighted by atomic mass is 10.2. The highest BCUT2D eigenvalue weighted by molar-refractivity contribution is 7.84. The first-order chi connectivity index (χ1) is 7.50. The van der Waals surface area contributed by atoms with Crippen LogP contribution in [0.2, 0.25) is 0 Å². The Bertz CT molecular complexity index is 371. The molecule has 1 atom stereocenters. The molecule has 0 amide bonds. The molecule has 0 aromatic carbocycles. The molecule has 1 aromatic rings. The first-order valence-corrected chi connectivity index (χ1v) is 7.07. The van der Waals surface area contributed by atoms with Gasteiger partial charge in [0.15, 0.2) is 0 Å². The van der Waals surface area contributed by atoms with E-state index in [1.165, 1.54) is 0 Å². The fourth-order valence-corrected chi connectivity index (χ4v) is 1.77. The smallest absolute Gasteiger partial charge is 0.133 e. The van der Waals surface area contributed by atoms with Crippen LogP contribution in [0.4, 0.5) is 5.82 Å². The molecule has 0 spiro atoms. The summed E-state index contributed by atoms with van der Waals surface area (Å²) >= 11 is 0. The normalized spacial score (nSPS) is 12.1. The molecule has 0 saturated heterocycles. The van der Waals surface area contributed by atoms with E-state index in [4.69, 9.17) is 0 Å². The van der Waals surface area contributed by atoms with Gasteiger partial charge in [-0.2, -0.15) is 0 Å². The molecule has 1 unspecified atom stereocenters. The van der Waals surface area contributed by atoms with E-state index in [1.54, 1.807) is 12.5 Å². The minimum absolute atomic E-state index is 0. The molecule has 1 aromatic heterocycles. The Morgan fingerprint density at radius 1 is 1.47 bits per heavy atom. The second-order valence-corrected chi connectivity index (χ2v) is 5.68. The predicted molar refractivity (Wildman–Crippen MR) is 71.9 cm³/mol. The summed E-state index contributed by atoms with van der Waals surface area (Å²) in [5.74, 6) is 2.73. The lowest BCUT2D eigenvalue weighted by Gasteiger charge is -2.18. The largest absolute Gasteiger partial charge is 0.412 e. The Balaban J connectivity index is 0.00000256. The molecule has 2 N–H and O–H groups in total. The van der Waals surface area contributed by atoms with E-state index < -0.39 is 10.8 Å². The molecule has 0 aliphatic rings. The van der Waals surface area contributed by atoms with Gasteiger partial charge < -0.3 is 10.4 Å². The SMILES string of the molecule is CC(C)c1nccc(N(C)CCS(C)=O)n1.O. The summed E-state index contributed by atoms with van der Waals surface area (Å²) in [6.07, 6.45) is 3.49. The third-order valence-electron chi connectivity index (χ3n) is 2.28. The van der Waals surface area contributed by atoms with Crippen molar-refractivity contribution in [2.75, 3.05) is 30.5 Å². The van der Waals surface area contributed by atoms with E-state index in [0.717, 1.165) is 18.2 Å². The molecule has 5 nitrogen and oxygen atoms in total. The predicted octanol–water partition coefficient (Wildman–Crippen LogP) is 0.590. The van der Waals surface area contributed by atoms with Crippen LogP contribution < -0.4 is 4.90 Å². The van der Waals surface area contributed by atoms with Gasteiger partial charge in [-0.25, -0.2) is 9.97 Å². The van der Waals surface area contributed by atoms with Gasteiger partial charge in [-0.05, 0) is 6.07 Å². The lowest BCUT2D eigenvalue weighted by Crippen LogP contribution is -2.24. The Morgan fingerprint density at radius 3 is 2.65 bits per heavy atom. The Labute approximate surface area is 105 Å². The summed E-state index contributed by atoms with van der Waals surface area (Å²) in [5, 5.41) is 0. The number of aromatic nitrogens is 2. The van der Waals surface area contributed by atoms with Crippen LogP contribution >= 0.6 is 0 Å². The molecule has 0 aliphatic heterocycles. The van der Waals surface area contributed by atoms with Gasteiger partial charge in [-0.1, -0.05) is 13.8 Å². The van der Waals surface area contributed by atoms with E-state index in [9.17, 15) is 4.21 Å². The van der Waals surface area contributed by atoms with Gasteiger partial charge in [-0.15, -0.1) is 0 Å². The van der Waals surface area contributed by atoms with Crippen molar-refractivity contribution in [3.63, 3.8) is 0 Å². The molecule has 1 heterocycles. The van der Waals surface area contributed by atoms with Gasteiger partial charge >= 0.3 is 0 Å². The quantitative estimate of drug-likeness (QED) is 0.775. The van der Waals surface area contributed by atoms with Crippen molar-refractivity contribution < 1.29 is 9.69 Å². The van der Waals surface area contributed by atoms with E-state index >= 15 is 0 Å². The van der Waals surface area contributed by atoms with E-state index in [-0.39, 0.29) is 5.48 Å². The Kier molecular flexibility index (Phi) is 6.91. The monoisotopic (exact) mass is 259 g/mol. The van der Waals surface area contributed by atoms with Crippen LogP contribution in [0.3, 0.4) is 0 Å². The third-order valence-corrected chi connectivity index (χ3v) is 3.04. The first-order valence-electron chi connectivity index (χ1n) is 5.35. The maximum absolute atomic E-state index is 11.0. The minimum atomic E-state index is -0.759. The molecule has 0 saturated carbocycles. The van der Waals surface area contributed by atoms with Gasteiger partial charge in [0, 0.05) is 48.5 Å². The first kappa shape index (κ1) is 16.0. The maximum atomic E-state index is 11.0. The minimum Gasteiger partial charge on any atom is -0.412 e. The summed E-state index contributed by atoms with van der Waals surface area (Å²) in [6.45, 7) is 4.89. The van der Waals surface area contributed by atoms with Crippen molar-refractivity contribution in [3.8, 4) is 0 Å². The molecule has 1 rings (SSSR count). The highest BCUT2D eigenvalue weighted by Gasteiger charge is 2.07. The number of nitrogens with zero attached hydrogens (tertiary/aromatic N) is 3. The number of rotatable bonds is 5.